The van der Waals surface area contributed by atoms with Crippen LogP contribution in [-0.2, 0) is 22.9 Å². The van der Waals surface area contributed by atoms with Crippen molar-refractivity contribution in [3.05, 3.63) is 64.8 Å². The number of carbonyl (C=O) groups excluding carboxylic acids is 1. The van der Waals surface area contributed by atoms with Gasteiger partial charge in [-0.1, -0.05) is 12.1 Å². The number of nitrogens with one attached hydrogen (secondary N) is 3. The standard InChI is InChI=1S/C31H38F3N7O2/c1-19-15-21(41-13-11-40(12-14-41)18-29(2,3)43)9-10-23(19)38-28-36-17-22(31(32,33)34)26(39-28)35-16-20-7-6-8-24-25(20)30(4,5)27(42)37-24/h6-10,15,17,43H,11-14,16,18H2,1-5H3,(H,37,42)(H2,35,36,38,39). The van der Waals surface area contributed by atoms with Crippen molar-refractivity contribution in [1.82, 2.24) is 14.9 Å². The van der Waals surface area contributed by atoms with Crippen LogP contribution in [-0.4, -0.2) is 64.2 Å². The number of benzene rings is 2. The van der Waals surface area contributed by atoms with Gasteiger partial charge in [-0.3, -0.25) is 9.69 Å². The van der Waals surface area contributed by atoms with Crippen molar-refractivity contribution in [3.8, 4) is 0 Å². The maximum absolute atomic E-state index is 13.9. The Labute approximate surface area is 249 Å². The number of nitrogens with zero attached hydrogens (tertiary/aromatic N) is 4. The van der Waals surface area contributed by atoms with Crippen molar-refractivity contribution in [2.45, 2.75) is 58.4 Å². The van der Waals surface area contributed by atoms with Gasteiger partial charge < -0.3 is 26.0 Å². The summed E-state index contributed by atoms with van der Waals surface area (Å²) in [6, 6.07) is 11.2. The van der Waals surface area contributed by atoms with Gasteiger partial charge in [0.25, 0.3) is 0 Å². The third-order valence-corrected chi connectivity index (χ3v) is 7.94. The lowest BCUT2D eigenvalue weighted by Gasteiger charge is -2.38. The Morgan fingerprint density at radius 2 is 1.81 bits per heavy atom. The van der Waals surface area contributed by atoms with Gasteiger partial charge in [0.2, 0.25) is 11.9 Å². The van der Waals surface area contributed by atoms with Crippen LogP contribution in [0.3, 0.4) is 0 Å². The molecule has 230 valence electrons. The third kappa shape index (κ3) is 6.70. The average Bonchev–Trinajstić information content (AvgIpc) is 3.15. The van der Waals surface area contributed by atoms with Crippen LogP contribution in [0.4, 0.5) is 42.0 Å². The van der Waals surface area contributed by atoms with Crippen LogP contribution < -0.4 is 20.9 Å². The Balaban J connectivity index is 1.32. The second-order valence-electron chi connectivity index (χ2n) is 12.4. The summed E-state index contributed by atoms with van der Waals surface area (Å²) in [5.41, 5.74) is 2.21. The number of halogens is 3. The summed E-state index contributed by atoms with van der Waals surface area (Å²) in [7, 11) is 0. The van der Waals surface area contributed by atoms with Gasteiger partial charge in [-0.25, -0.2) is 4.98 Å². The number of amides is 1. The van der Waals surface area contributed by atoms with E-state index in [0.717, 1.165) is 49.2 Å². The fourth-order valence-electron chi connectivity index (χ4n) is 5.76. The molecule has 43 heavy (non-hydrogen) atoms. The minimum atomic E-state index is -4.66. The van der Waals surface area contributed by atoms with Crippen molar-refractivity contribution in [2.75, 3.05) is 53.6 Å². The molecular formula is C31H38F3N7O2. The van der Waals surface area contributed by atoms with Crippen LogP contribution in [0, 0.1) is 6.92 Å². The number of aliphatic hydroxyl groups is 1. The second-order valence-corrected chi connectivity index (χ2v) is 12.4. The quantitative estimate of drug-likeness (QED) is 0.278. The molecule has 12 heteroatoms. The van der Waals surface area contributed by atoms with E-state index in [0.29, 0.717) is 23.5 Å². The molecule has 2 aliphatic heterocycles. The number of β-amino-alcohol motifs (C(OH)–C–C–N with tert-alkyl or cyclic N) is 1. The van der Waals surface area contributed by atoms with Gasteiger partial charge in [0.05, 0.1) is 11.0 Å². The van der Waals surface area contributed by atoms with Crippen molar-refractivity contribution in [1.29, 1.82) is 0 Å². The number of alkyl halides is 3. The molecule has 0 spiro atoms. The van der Waals surface area contributed by atoms with E-state index in [-0.39, 0.29) is 24.2 Å². The zero-order valence-corrected chi connectivity index (χ0v) is 25.1. The van der Waals surface area contributed by atoms with Crippen LogP contribution in [0.5, 0.6) is 0 Å². The number of hydrogen-bond donors (Lipinski definition) is 4. The van der Waals surface area contributed by atoms with Gasteiger partial charge in [0, 0.05) is 62.5 Å². The van der Waals surface area contributed by atoms with Gasteiger partial charge in [0.1, 0.15) is 11.4 Å². The first-order chi connectivity index (χ1) is 20.1. The lowest BCUT2D eigenvalue weighted by atomic mass is 9.83. The molecule has 0 aliphatic carbocycles. The molecule has 1 saturated heterocycles. The Kier molecular flexibility index (Phi) is 8.03. The number of anilines is 5. The van der Waals surface area contributed by atoms with Crippen molar-refractivity contribution in [2.24, 2.45) is 0 Å². The Hall–Kier alpha value is -3.90. The van der Waals surface area contributed by atoms with Crippen LogP contribution in [0.1, 0.15) is 49.9 Å². The first kappa shape index (κ1) is 30.6. The van der Waals surface area contributed by atoms with Gasteiger partial charge in [0.15, 0.2) is 0 Å². The highest BCUT2D eigenvalue weighted by atomic mass is 19.4. The Morgan fingerprint density at radius 3 is 2.47 bits per heavy atom. The molecule has 1 aromatic heterocycles. The molecule has 3 heterocycles. The number of aryl methyl sites for hydroxylation is 1. The monoisotopic (exact) mass is 597 g/mol. The number of piperazine rings is 1. The number of carbonyl (C=O) groups is 1. The molecule has 1 amide bonds. The van der Waals surface area contributed by atoms with E-state index in [2.05, 4.69) is 35.7 Å². The molecule has 4 N–H and O–H groups in total. The first-order valence-electron chi connectivity index (χ1n) is 14.3. The number of fused-ring (bicyclic) bond motifs is 1. The van der Waals surface area contributed by atoms with Crippen molar-refractivity contribution < 1.29 is 23.1 Å². The summed E-state index contributed by atoms with van der Waals surface area (Å²) >= 11 is 0. The maximum atomic E-state index is 13.9. The minimum Gasteiger partial charge on any atom is -0.389 e. The number of rotatable bonds is 8. The molecule has 0 saturated carbocycles. The van der Waals surface area contributed by atoms with E-state index in [4.69, 9.17) is 0 Å². The summed E-state index contributed by atoms with van der Waals surface area (Å²) in [5, 5.41) is 18.9. The molecule has 2 aromatic carbocycles. The average molecular weight is 598 g/mol. The molecular weight excluding hydrogens is 559 g/mol. The number of hydrogen-bond acceptors (Lipinski definition) is 8. The van der Waals surface area contributed by atoms with E-state index in [1.54, 1.807) is 32.0 Å². The fraction of sp³-hybridized carbons (Fsp3) is 0.452. The third-order valence-electron chi connectivity index (χ3n) is 7.94. The molecule has 3 aromatic rings. The summed E-state index contributed by atoms with van der Waals surface area (Å²) in [4.78, 5) is 25.2. The largest absolute Gasteiger partial charge is 0.421 e. The molecule has 0 unspecified atom stereocenters. The van der Waals surface area contributed by atoms with E-state index >= 15 is 0 Å². The molecule has 0 radical (unpaired) electrons. The number of aromatic nitrogens is 2. The van der Waals surface area contributed by atoms with Crippen molar-refractivity contribution in [3.63, 3.8) is 0 Å². The predicted molar refractivity (Wildman–Crippen MR) is 162 cm³/mol. The zero-order chi connectivity index (χ0) is 31.2. The van der Waals surface area contributed by atoms with Crippen LogP contribution in [0.15, 0.2) is 42.6 Å². The summed E-state index contributed by atoms with van der Waals surface area (Å²) in [6.07, 6.45) is -3.89. The highest BCUT2D eigenvalue weighted by Crippen LogP contribution is 2.40. The molecule has 9 nitrogen and oxygen atoms in total. The molecule has 0 atom stereocenters. The smallest absolute Gasteiger partial charge is 0.389 e. The maximum Gasteiger partial charge on any atom is 0.421 e. The van der Waals surface area contributed by atoms with Gasteiger partial charge in [-0.2, -0.15) is 18.2 Å². The van der Waals surface area contributed by atoms with E-state index in [1.165, 1.54) is 0 Å². The summed E-state index contributed by atoms with van der Waals surface area (Å²) < 4.78 is 41.7. The van der Waals surface area contributed by atoms with E-state index in [9.17, 15) is 23.1 Å². The first-order valence-corrected chi connectivity index (χ1v) is 14.3. The fourth-order valence-corrected chi connectivity index (χ4v) is 5.76. The van der Waals surface area contributed by atoms with Gasteiger partial charge in [-0.05, 0) is 75.6 Å². The van der Waals surface area contributed by atoms with Crippen LogP contribution >= 0.6 is 0 Å². The molecule has 5 rings (SSSR count). The van der Waals surface area contributed by atoms with Gasteiger partial charge in [-0.15, -0.1) is 0 Å². The highest BCUT2D eigenvalue weighted by molar-refractivity contribution is 6.06. The highest BCUT2D eigenvalue weighted by Gasteiger charge is 2.40. The zero-order valence-electron chi connectivity index (χ0n) is 25.1. The van der Waals surface area contributed by atoms with Crippen molar-refractivity contribution >= 4 is 34.7 Å². The van der Waals surface area contributed by atoms with Crippen LogP contribution in [0.25, 0.3) is 0 Å². The van der Waals surface area contributed by atoms with E-state index < -0.39 is 22.8 Å². The molecule has 1 fully saturated rings. The summed E-state index contributed by atoms with van der Waals surface area (Å²) in [6.45, 7) is 13.1. The SMILES string of the molecule is Cc1cc(N2CCN(CC(C)(C)O)CC2)ccc1Nc1ncc(C(F)(F)F)c(NCc2cccc3c2C(C)(C)C(=O)N3)n1. The minimum absolute atomic E-state index is 0.0297. The summed E-state index contributed by atoms with van der Waals surface area (Å²) in [5.74, 6) is -0.480. The Morgan fingerprint density at radius 1 is 1.09 bits per heavy atom. The normalized spacial score (nSPS) is 17.0. The lowest BCUT2D eigenvalue weighted by molar-refractivity contribution is -0.137. The molecule has 2 aliphatic rings. The topological polar surface area (TPSA) is 106 Å². The lowest BCUT2D eigenvalue weighted by Crippen LogP contribution is -2.50. The molecule has 0 bridgehead atoms. The van der Waals surface area contributed by atoms with Gasteiger partial charge >= 0.3 is 6.18 Å². The Bertz CT molecular complexity index is 1510. The predicted octanol–water partition coefficient (Wildman–Crippen LogP) is 5.28. The van der Waals surface area contributed by atoms with E-state index in [1.807, 2.05) is 39.0 Å². The van der Waals surface area contributed by atoms with Crippen LogP contribution in [0.2, 0.25) is 0 Å². The second kappa shape index (κ2) is 11.3.